The summed E-state index contributed by atoms with van der Waals surface area (Å²) in [4.78, 5) is 0. The zero-order valence-electron chi connectivity index (χ0n) is 73.9. The monoisotopic (exact) mass is 1520 g/mol. The van der Waals surface area contributed by atoms with E-state index in [1.165, 1.54) is 151 Å². The molecule has 5 nitrogen and oxygen atoms in total. The molecule has 0 aliphatic carbocycles. The van der Waals surface area contributed by atoms with E-state index in [2.05, 4.69) is 443 Å². The van der Waals surface area contributed by atoms with Gasteiger partial charge < -0.3 is 0 Å². The highest BCUT2D eigenvalue weighted by Crippen LogP contribution is 2.32. The van der Waals surface area contributed by atoms with Gasteiger partial charge in [-0.2, -0.15) is 0 Å². The van der Waals surface area contributed by atoms with E-state index in [4.69, 9.17) is 0 Å². The van der Waals surface area contributed by atoms with Gasteiger partial charge in [0, 0.05) is 88.5 Å². The highest BCUT2D eigenvalue weighted by Gasteiger charge is 2.28. The van der Waals surface area contributed by atoms with Gasteiger partial charge in [0.1, 0.15) is 35.2 Å². The van der Waals surface area contributed by atoms with Crippen molar-refractivity contribution < 1.29 is 22.8 Å². The highest BCUT2D eigenvalue weighted by molar-refractivity contribution is 6.90. The lowest BCUT2D eigenvalue weighted by Gasteiger charge is -2.21. The molecule has 10 aromatic rings. The van der Waals surface area contributed by atoms with Crippen molar-refractivity contribution in [2.75, 3.05) is 0 Å². The molecule has 0 saturated heterocycles. The molecule has 572 valence electrons. The van der Waals surface area contributed by atoms with Crippen LogP contribution in [0.2, 0.25) is 98.2 Å². The Balaban J connectivity index is 0.000000210. The summed E-state index contributed by atoms with van der Waals surface area (Å²) in [6.45, 7) is 69.8. The molecule has 0 amide bonds. The van der Waals surface area contributed by atoms with E-state index >= 15 is 0 Å². The van der Waals surface area contributed by atoms with Gasteiger partial charge in [-0.1, -0.05) is 227 Å². The average molecular weight is 1520 g/mol. The van der Waals surface area contributed by atoms with Crippen LogP contribution in [-0.4, -0.2) is 40.4 Å². The van der Waals surface area contributed by atoms with Gasteiger partial charge in [-0.3, -0.25) is 0 Å². The molecule has 0 atom stereocenters. The average Bonchev–Trinajstić information content (AvgIpc) is 0.835. The van der Waals surface area contributed by atoms with Crippen molar-refractivity contribution in [1.29, 1.82) is 0 Å². The quantitative estimate of drug-likeness (QED) is 0.0679. The van der Waals surface area contributed by atoms with Crippen molar-refractivity contribution in [2.45, 2.75) is 239 Å². The van der Waals surface area contributed by atoms with Crippen LogP contribution in [0.15, 0.2) is 183 Å². The first kappa shape index (κ1) is 88.8. The fourth-order valence-corrected chi connectivity index (χ4v) is 19.5. The van der Waals surface area contributed by atoms with E-state index < -0.39 is 40.4 Å². The summed E-state index contributed by atoms with van der Waals surface area (Å²) in [5, 5.41) is 7.60. The van der Waals surface area contributed by atoms with E-state index in [9.17, 15) is 0 Å². The first-order valence-electron chi connectivity index (χ1n) is 40.0. The molecule has 107 heavy (non-hydrogen) atoms. The Morgan fingerprint density at radius 3 is 0.916 bits per heavy atom. The topological polar surface area (TPSA) is 19.4 Å². The predicted octanol–water partition coefficient (Wildman–Crippen LogP) is 21.0. The Morgan fingerprint density at radius 1 is 0.308 bits per heavy atom. The van der Waals surface area contributed by atoms with Gasteiger partial charge in [0.15, 0.2) is 31.0 Å². The standard InChI is InChI=1S/C21H32NSi.2C20H30NSi.C19H28NSi.C17H24NSi/c1-8-17(9-2)18-11-10-16(3)20(14-18)21-15-19(23(5,6)7)12-13-22(21)4;1-15-9-10-16(20(2,3)4)13-18(15)19-14-17(22(6,7)8)11-12-21(19)5;1-15(2)12-17-9-8-16(3)19(13-17)20-14-18(22(5,6)7)10-11-21(20)4;1-14(2)16-9-8-15(3)18(12-16)19-13-17(21(5,6)7)10-11-20(19)4;1-13-7-8-16(14(2)11-13)17-12-15(19(4,5)6)9-10-18(17)3/h10-15,17H,8-9H2,1-7H3;9-14H,1-8H3;8-11,13-15H,12H2,1-7H3;8-14H,1-7H3;7-12H,1-6H3/q5*+1. The second kappa shape index (κ2) is 36.6. The van der Waals surface area contributed by atoms with Gasteiger partial charge in [-0.05, 0) is 190 Å². The second-order valence-electron chi connectivity index (χ2n) is 38.0. The van der Waals surface area contributed by atoms with E-state index in [1.54, 1.807) is 0 Å². The minimum atomic E-state index is -1.30. The fraction of sp³-hybridized carbons (Fsp3) is 0.433. The number of hydrogen-bond donors (Lipinski definition) is 0. The first-order valence-corrected chi connectivity index (χ1v) is 57.5. The number of pyridine rings is 5. The van der Waals surface area contributed by atoms with E-state index in [0.717, 1.165) is 6.42 Å². The van der Waals surface area contributed by atoms with E-state index in [0.29, 0.717) is 17.8 Å². The maximum absolute atomic E-state index is 2.43. The molecule has 0 bridgehead atoms. The molecular weight excluding hydrogens is 1380 g/mol. The highest BCUT2D eigenvalue weighted by atomic mass is 28.3. The molecule has 5 heterocycles. The van der Waals surface area contributed by atoms with Crippen LogP contribution in [-0.2, 0) is 47.1 Å². The smallest absolute Gasteiger partial charge is 0.201 e. The largest absolute Gasteiger partial charge is 0.212 e. The summed E-state index contributed by atoms with van der Waals surface area (Å²) in [7, 11) is 4.28. The summed E-state index contributed by atoms with van der Waals surface area (Å²) >= 11 is 0. The van der Waals surface area contributed by atoms with Crippen LogP contribution < -0.4 is 48.8 Å². The van der Waals surface area contributed by atoms with Crippen LogP contribution in [0.3, 0.4) is 0 Å². The Morgan fingerprint density at radius 2 is 0.607 bits per heavy atom. The third-order valence-corrected chi connectivity index (χ3v) is 31.8. The lowest BCUT2D eigenvalue weighted by Crippen LogP contribution is -2.42. The number of aromatic nitrogens is 5. The fourth-order valence-electron chi connectivity index (χ4n) is 13.7. The molecule has 10 heteroatoms. The predicted molar refractivity (Wildman–Crippen MR) is 483 cm³/mol. The minimum Gasteiger partial charge on any atom is -0.201 e. The summed E-state index contributed by atoms with van der Waals surface area (Å²) < 4.78 is 11.2. The third kappa shape index (κ3) is 24.5. The van der Waals surface area contributed by atoms with Crippen molar-refractivity contribution in [2.24, 2.45) is 41.2 Å². The Bertz CT molecular complexity index is 4600. The minimum absolute atomic E-state index is 0.178. The molecule has 0 fully saturated rings. The molecular formula is C97H144N5Si5+5. The van der Waals surface area contributed by atoms with Crippen LogP contribution >= 0.6 is 0 Å². The number of nitrogens with zero attached hydrogens (tertiary/aromatic N) is 5. The zero-order chi connectivity index (χ0) is 80.4. The van der Waals surface area contributed by atoms with E-state index in [1.807, 2.05) is 0 Å². The van der Waals surface area contributed by atoms with Crippen LogP contribution in [0.1, 0.15) is 143 Å². The first-order chi connectivity index (χ1) is 49.4. The number of aryl methyl sites for hydroxylation is 11. The summed E-state index contributed by atoms with van der Waals surface area (Å²) in [5.74, 6) is 1.92. The van der Waals surface area contributed by atoms with Gasteiger partial charge in [0.05, 0.1) is 40.4 Å². The van der Waals surface area contributed by atoms with Crippen molar-refractivity contribution in [3.63, 3.8) is 0 Å². The molecule has 0 spiro atoms. The molecule has 0 N–H and O–H groups in total. The zero-order valence-corrected chi connectivity index (χ0v) is 78.9. The second-order valence-corrected chi connectivity index (χ2v) is 63.4. The summed E-state index contributed by atoms with van der Waals surface area (Å²) in [6.07, 6.45) is 14.6. The number of rotatable bonds is 16. The van der Waals surface area contributed by atoms with Gasteiger partial charge >= 0.3 is 0 Å². The van der Waals surface area contributed by atoms with Gasteiger partial charge in [0.25, 0.3) is 0 Å². The van der Waals surface area contributed by atoms with Gasteiger partial charge in [0.2, 0.25) is 28.5 Å². The van der Waals surface area contributed by atoms with E-state index in [-0.39, 0.29) is 5.41 Å². The molecule has 5 aromatic heterocycles. The lowest BCUT2D eigenvalue weighted by atomic mass is 9.85. The van der Waals surface area contributed by atoms with Crippen LogP contribution in [0.4, 0.5) is 0 Å². The van der Waals surface area contributed by atoms with Crippen molar-refractivity contribution in [1.82, 2.24) is 0 Å². The van der Waals surface area contributed by atoms with Crippen LogP contribution in [0.5, 0.6) is 0 Å². The van der Waals surface area contributed by atoms with Crippen molar-refractivity contribution in [3.8, 4) is 56.3 Å². The van der Waals surface area contributed by atoms with Crippen molar-refractivity contribution >= 4 is 66.3 Å². The maximum Gasteiger partial charge on any atom is 0.212 e. The number of benzene rings is 5. The molecule has 0 aliphatic heterocycles. The summed E-state index contributed by atoms with van der Waals surface area (Å²) in [5.41, 5.74) is 27.5. The Hall–Kier alpha value is -7.07. The third-order valence-electron chi connectivity index (χ3n) is 21.5. The van der Waals surface area contributed by atoms with Gasteiger partial charge in [-0.25, -0.2) is 22.8 Å². The van der Waals surface area contributed by atoms with Gasteiger partial charge in [-0.15, -0.1) is 0 Å². The molecule has 10 rings (SSSR count). The number of hydrogen-bond acceptors (Lipinski definition) is 0. The lowest BCUT2D eigenvalue weighted by molar-refractivity contribution is -0.660. The molecule has 0 unspecified atom stereocenters. The summed E-state index contributed by atoms with van der Waals surface area (Å²) in [6, 6.07) is 57.9. The molecule has 0 aliphatic rings. The van der Waals surface area contributed by atoms with Crippen LogP contribution in [0.25, 0.3) is 56.3 Å². The normalized spacial score (nSPS) is 12.1. The Labute approximate surface area is 658 Å². The van der Waals surface area contributed by atoms with Crippen molar-refractivity contribution in [3.05, 3.63) is 238 Å². The Kier molecular flexibility index (Phi) is 30.4. The SMILES string of the molecule is CCC(CC)c1ccc(C)c(-c2cc([Si](C)(C)C)cc[n+]2C)c1.Cc1ccc(-c2cc([Si](C)(C)C)cc[n+]2C)c(C)c1.Cc1ccc(C(C)(C)C)cc1-c1cc([Si](C)(C)C)cc[n+]1C.Cc1ccc(C(C)C)cc1-c1cc([Si](C)(C)C)cc[n+]1C.Cc1ccc(CC(C)C)cc1-c1cc([Si](C)(C)C)cc[n+]1C. The van der Waals surface area contributed by atoms with Crippen LogP contribution in [0, 0.1) is 47.5 Å². The molecule has 5 aromatic carbocycles. The molecule has 0 radical (unpaired) electrons. The molecule has 0 saturated carbocycles. The maximum atomic E-state index is 2.43.